The van der Waals surface area contributed by atoms with Crippen LogP contribution in [0.2, 0.25) is 0 Å². The molecule has 1 aromatic heterocycles. The molecule has 0 bridgehead atoms. The topological polar surface area (TPSA) is 39.2 Å². The predicted molar refractivity (Wildman–Crippen MR) is 85.3 cm³/mol. The Morgan fingerprint density at radius 2 is 2.05 bits per heavy atom. The van der Waals surface area contributed by atoms with Crippen LogP contribution >= 0.6 is 11.3 Å². The fraction of sp³-hybridized carbons (Fsp3) is 0.176. The lowest BCUT2D eigenvalue weighted by Crippen LogP contribution is -2.03. The molecule has 0 saturated heterocycles. The number of carbonyl (C=O) groups excluding carboxylic acids is 1. The molecule has 21 heavy (non-hydrogen) atoms. The Morgan fingerprint density at radius 1 is 1.19 bits per heavy atom. The van der Waals surface area contributed by atoms with Crippen LogP contribution in [-0.2, 0) is 6.42 Å². The molecule has 1 heterocycles. The van der Waals surface area contributed by atoms with Gasteiger partial charge in [-0.25, -0.2) is 4.98 Å². The molecule has 0 saturated carbocycles. The summed E-state index contributed by atoms with van der Waals surface area (Å²) in [6.07, 6.45) is 0.348. The lowest BCUT2D eigenvalue weighted by Gasteiger charge is -2.04. The zero-order chi connectivity index (χ0) is 14.7. The van der Waals surface area contributed by atoms with E-state index in [9.17, 15) is 4.79 Å². The van der Waals surface area contributed by atoms with Gasteiger partial charge in [0.2, 0.25) is 0 Å². The summed E-state index contributed by atoms with van der Waals surface area (Å²) >= 11 is 1.45. The second kappa shape index (κ2) is 6.06. The maximum atomic E-state index is 12.4. The predicted octanol–water partition coefficient (Wildman–Crippen LogP) is 4.12. The van der Waals surface area contributed by atoms with E-state index in [2.05, 4.69) is 4.98 Å². The highest BCUT2D eigenvalue weighted by atomic mass is 32.1. The third kappa shape index (κ3) is 3.11. The third-order valence-corrected chi connectivity index (χ3v) is 4.18. The molecule has 0 radical (unpaired) electrons. The number of rotatable bonds is 5. The first-order chi connectivity index (χ1) is 10.3. The molecule has 106 valence electrons. The van der Waals surface area contributed by atoms with Gasteiger partial charge in [0.1, 0.15) is 5.75 Å². The van der Waals surface area contributed by atoms with Gasteiger partial charge in [0.25, 0.3) is 0 Å². The van der Waals surface area contributed by atoms with Crippen LogP contribution in [0.4, 0.5) is 0 Å². The molecule has 3 rings (SSSR count). The van der Waals surface area contributed by atoms with Crippen molar-refractivity contribution in [3.63, 3.8) is 0 Å². The molecule has 0 fully saturated rings. The van der Waals surface area contributed by atoms with Gasteiger partial charge in [0.05, 0.1) is 16.8 Å². The monoisotopic (exact) mass is 297 g/mol. The molecule has 0 aliphatic rings. The van der Waals surface area contributed by atoms with Crippen LogP contribution in [0.5, 0.6) is 5.75 Å². The largest absolute Gasteiger partial charge is 0.494 e. The summed E-state index contributed by atoms with van der Waals surface area (Å²) in [4.78, 5) is 16.8. The number of carbonyl (C=O) groups is 1. The smallest absolute Gasteiger partial charge is 0.195 e. The van der Waals surface area contributed by atoms with Crippen molar-refractivity contribution in [2.75, 3.05) is 6.61 Å². The molecule has 2 aromatic carbocycles. The van der Waals surface area contributed by atoms with Gasteiger partial charge in [-0.15, -0.1) is 11.3 Å². The standard InChI is InChI=1S/C17H15NO2S/c1-2-20-13-7-5-6-12(10-13)11-15(19)17-18-14-8-3-4-9-16(14)21-17/h3-10H,2,11H2,1H3. The van der Waals surface area contributed by atoms with E-state index in [-0.39, 0.29) is 5.78 Å². The van der Waals surface area contributed by atoms with E-state index in [1.165, 1.54) is 11.3 Å². The lowest BCUT2D eigenvalue weighted by molar-refractivity contribution is 0.0993. The van der Waals surface area contributed by atoms with Crippen molar-refractivity contribution in [2.45, 2.75) is 13.3 Å². The van der Waals surface area contributed by atoms with Crippen LogP contribution in [0.15, 0.2) is 48.5 Å². The average molecular weight is 297 g/mol. The highest BCUT2D eigenvalue weighted by Gasteiger charge is 2.13. The summed E-state index contributed by atoms with van der Waals surface area (Å²) in [7, 11) is 0. The lowest BCUT2D eigenvalue weighted by atomic mass is 10.1. The minimum Gasteiger partial charge on any atom is -0.494 e. The average Bonchev–Trinajstić information content (AvgIpc) is 2.92. The van der Waals surface area contributed by atoms with E-state index in [1.807, 2.05) is 55.5 Å². The number of Topliss-reactive ketones (excluding diaryl/α,β-unsaturated/α-hetero) is 1. The molecule has 3 aromatic rings. The van der Waals surface area contributed by atoms with Gasteiger partial charge in [-0.2, -0.15) is 0 Å². The summed E-state index contributed by atoms with van der Waals surface area (Å²) in [5, 5.41) is 0.568. The zero-order valence-corrected chi connectivity index (χ0v) is 12.5. The van der Waals surface area contributed by atoms with Crippen molar-refractivity contribution in [2.24, 2.45) is 0 Å². The number of para-hydroxylation sites is 1. The van der Waals surface area contributed by atoms with Gasteiger partial charge in [-0.1, -0.05) is 24.3 Å². The second-order valence-corrected chi connectivity index (χ2v) is 5.70. The van der Waals surface area contributed by atoms with Gasteiger partial charge in [0.15, 0.2) is 10.8 Å². The number of ether oxygens (including phenoxy) is 1. The van der Waals surface area contributed by atoms with Crippen molar-refractivity contribution in [3.8, 4) is 5.75 Å². The summed E-state index contributed by atoms with van der Waals surface area (Å²) in [5.74, 6) is 0.844. The molecule has 0 spiro atoms. The molecule has 0 unspecified atom stereocenters. The number of thiazole rings is 1. The zero-order valence-electron chi connectivity index (χ0n) is 11.7. The fourth-order valence-electron chi connectivity index (χ4n) is 2.16. The number of hydrogen-bond acceptors (Lipinski definition) is 4. The third-order valence-electron chi connectivity index (χ3n) is 3.11. The molecular formula is C17H15NO2S. The summed E-state index contributed by atoms with van der Waals surface area (Å²) < 4.78 is 6.50. The molecule has 0 atom stereocenters. The SMILES string of the molecule is CCOc1cccc(CC(=O)c2nc3ccccc3s2)c1. The van der Waals surface area contributed by atoms with Gasteiger partial charge in [-0.05, 0) is 36.8 Å². The fourth-order valence-corrected chi connectivity index (χ4v) is 3.07. The number of benzene rings is 2. The summed E-state index contributed by atoms with van der Waals surface area (Å²) in [5.41, 5.74) is 1.83. The maximum Gasteiger partial charge on any atom is 0.195 e. The molecule has 0 amide bonds. The molecule has 3 nitrogen and oxygen atoms in total. The minimum absolute atomic E-state index is 0.0462. The molecular weight excluding hydrogens is 282 g/mol. The van der Waals surface area contributed by atoms with Gasteiger partial charge >= 0.3 is 0 Å². The van der Waals surface area contributed by atoms with Crippen molar-refractivity contribution in [3.05, 3.63) is 59.1 Å². The van der Waals surface area contributed by atoms with Crippen molar-refractivity contribution in [1.82, 2.24) is 4.98 Å². The first-order valence-electron chi connectivity index (χ1n) is 6.87. The van der Waals surface area contributed by atoms with Crippen LogP contribution in [0.3, 0.4) is 0 Å². The number of ketones is 1. The summed E-state index contributed by atoms with van der Waals surface area (Å²) in [6.45, 7) is 2.56. The first kappa shape index (κ1) is 13.8. The summed E-state index contributed by atoms with van der Waals surface area (Å²) in [6, 6.07) is 15.5. The van der Waals surface area contributed by atoms with Gasteiger partial charge < -0.3 is 4.74 Å². The Labute approximate surface area is 127 Å². The Morgan fingerprint density at radius 3 is 2.86 bits per heavy atom. The van der Waals surface area contributed by atoms with E-state index in [4.69, 9.17) is 4.74 Å². The van der Waals surface area contributed by atoms with Gasteiger partial charge in [0, 0.05) is 6.42 Å². The van der Waals surface area contributed by atoms with E-state index >= 15 is 0 Å². The molecule has 0 aliphatic heterocycles. The van der Waals surface area contributed by atoms with Crippen molar-refractivity contribution in [1.29, 1.82) is 0 Å². The normalized spacial score (nSPS) is 10.7. The van der Waals surface area contributed by atoms with Crippen LogP contribution in [0.25, 0.3) is 10.2 Å². The maximum absolute atomic E-state index is 12.4. The number of fused-ring (bicyclic) bond motifs is 1. The van der Waals surface area contributed by atoms with Crippen LogP contribution in [0.1, 0.15) is 22.3 Å². The van der Waals surface area contributed by atoms with Crippen LogP contribution in [-0.4, -0.2) is 17.4 Å². The minimum atomic E-state index is 0.0462. The number of aromatic nitrogens is 1. The highest BCUT2D eigenvalue weighted by molar-refractivity contribution is 7.20. The van der Waals surface area contributed by atoms with E-state index in [0.29, 0.717) is 18.0 Å². The van der Waals surface area contributed by atoms with Crippen LogP contribution < -0.4 is 4.74 Å². The Balaban J connectivity index is 1.80. The molecule has 0 N–H and O–H groups in total. The van der Waals surface area contributed by atoms with E-state index < -0.39 is 0 Å². The quantitative estimate of drug-likeness (QED) is 0.665. The Bertz CT molecular complexity index is 746. The first-order valence-corrected chi connectivity index (χ1v) is 7.68. The number of nitrogens with zero attached hydrogens (tertiary/aromatic N) is 1. The van der Waals surface area contributed by atoms with Gasteiger partial charge in [-0.3, -0.25) is 4.79 Å². The van der Waals surface area contributed by atoms with E-state index in [0.717, 1.165) is 21.5 Å². The highest BCUT2D eigenvalue weighted by Crippen LogP contribution is 2.23. The Kier molecular flexibility index (Phi) is 3.97. The van der Waals surface area contributed by atoms with Crippen molar-refractivity contribution < 1.29 is 9.53 Å². The van der Waals surface area contributed by atoms with E-state index in [1.54, 1.807) is 0 Å². The Hall–Kier alpha value is -2.20. The number of hydrogen-bond donors (Lipinski definition) is 0. The van der Waals surface area contributed by atoms with Crippen molar-refractivity contribution >= 4 is 27.3 Å². The molecule has 4 heteroatoms. The second-order valence-electron chi connectivity index (χ2n) is 4.67. The van der Waals surface area contributed by atoms with Crippen LogP contribution in [0, 0.1) is 0 Å². The molecule has 0 aliphatic carbocycles.